The Morgan fingerprint density at radius 2 is 1.95 bits per heavy atom. The van der Waals surface area contributed by atoms with E-state index in [0.717, 1.165) is 12.0 Å². The van der Waals surface area contributed by atoms with Crippen LogP contribution in [-0.4, -0.2) is 7.05 Å². The molecule has 0 radical (unpaired) electrons. The van der Waals surface area contributed by atoms with Crippen LogP contribution in [0.5, 0.6) is 0 Å². The first kappa shape index (κ1) is 13.3. The van der Waals surface area contributed by atoms with Crippen molar-refractivity contribution >= 4 is 0 Å². The van der Waals surface area contributed by atoms with Gasteiger partial charge in [-0.3, -0.25) is 0 Å². The quantitative estimate of drug-likeness (QED) is 0.889. The van der Waals surface area contributed by atoms with Gasteiger partial charge in [0.05, 0.1) is 0 Å². The van der Waals surface area contributed by atoms with Gasteiger partial charge in [-0.15, -0.1) is 0 Å². The average molecular weight is 269 g/mol. The SMILES string of the molecule is CNC(Cc1ccc2c(c1)CCC2)c1cccc(F)c1. The molecule has 1 nitrogen and oxygen atoms in total. The molecule has 2 aromatic rings. The molecule has 0 saturated carbocycles. The van der Waals surface area contributed by atoms with Crippen molar-refractivity contribution in [3.05, 3.63) is 70.5 Å². The molecule has 2 heteroatoms. The molecule has 0 fully saturated rings. The van der Waals surface area contributed by atoms with Crippen molar-refractivity contribution in [1.29, 1.82) is 0 Å². The fourth-order valence-electron chi connectivity index (χ4n) is 3.10. The minimum absolute atomic E-state index is 0.158. The normalized spacial score (nSPS) is 15.1. The molecule has 0 amide bonds. The zero-order valence-electron chi connectivity index (χ0n) is 11.8. The van der Waals surface area contributed by atoms with Gasteiger partial charge in [0.25, 0.3) is 0 Å². The fraction of sp³-hybridized carbons (Fsp3) is 0.333. The van der Waals surface area contributed by atoms with E-state index in [1.807, 2.05) is 13.1 Å². The highest BCUT2D eigenvalue weighted by Gasteiger charge is 2.14. The molecule has 2 aromatic carbocycles. The molecule has 20 heavy (non-hydrogen) atoms. The molecule has 1 N–H and O–H groups in total. The molecule has 1 aliphatic carbocycles. The smallest absolute Gasteiger partial charge is 0.123 e. The number of rotatable bonds is 4. The van der Waals surface area contributed by atoms with E-state index in [1.54, 1.807) is 12.1 Å². The van der Waals surface area contributed by atoms with Crippen LogP contribution < -0.4 is 5.32 Å². The number of halogens is 1. The van der Waals surface area contributed by atoms with Crippen molar-refractivity contribution in [3.63, 3.8) is 0 Å². The van der Waals surface area contributed by atoms with Crippen LogP contribution in [0.3, 0.4) is 0 Å². The standard InChI is InChI=1S/C18H20FN/c1-20-18(16-6-3-7-17(19)12-16)11-13-8-9-14-4-2-5-15(14)10-13/h3,6-10,12,18,20H,2,4-5,11H2,1H3. The lowest BCUT2D eigenvalue weighted by molar-refractivity contribution is 0.577. The summed E-state index contributed by atoms with van der Waals surface area (Å²) in [5, 5.41) is 3.30. The van der Waals surface area contributed by atoms with Crippen molar-refractivity contribution in [2.75, 3.05) is 7.05 Å². The Morgan fingerprint density at radius 1 is 1.10 bits per heavy atom. The minimum Gasteiger partial charge on any atom is -0.313 e. The van der Waals surface area contributed by atoms with E-state index in [2.05, 4.69) is 23.5 Å². The Labute approximate surface area is 119 Å². The summed E-state index contributed by atoms with van der Waals surface area (Å²) in [6, 6.07) is 13.8. The summed E-state index contributed by atoms with van der Waals surface area (Å²) < 4.78 is 13.4. The molecule has 0 saturated heterocycles. The summed E-state index contributed by atoms with van der Waals surface area (Å²) >= 11 is 0. The van der Waals surface area contributed by atoms with Gasteiger partial charge in [0, 0.05) is 6.04 Å². The molecule has 0 bridgehead atoms. The zero-order valence-corrected chi connectivity index (χ0v) is 11.8. The molecule has 1 atom stereocenters. The third-order valence-electron chi connectivity index (χ3n) is 4.20. The van der Waals surface area contributed by atoms with E-state index < -0.39 is 0 Å². The molecule has 0 aromatic heterocycles. The predicted molar refractivity (Wildman–Crippen MR) is 80.4 cm³/mol. The third kappa shape index (κ3) is 2.75. The number of likely N-dealkylation sites (N-methyl/N-ethyl adjacent to an activating group) is 1. The number of hydrogen-bond acceptors (Lipinski definition) is 1. The lowest BCUT2D eigenvalue weighted by Crippen LogP contribution is -2.19. The molecular formula is C18H20FN. The zero-order chi connectivity index (χ0) is 13.9. The first-order valence-electron chi connectivity index (χ1n) is 7.29. The summed E-state index contributed by atoms with van der Waals surface area (Å²) in [5.41, 5.74) is 5.33. The Morgan fingerprint density at radius 3 is 2.75 bits per heavy atom. The number of nitrogens with one attached hydrogen (secondary N) is 1. The Bertz CT molecular complexity index is 606. The van der Waals surface area contributed by atoms with Gasteiger partial charge in [0.15, 0.2) is 0 Å². The molecule has 104 valence electrons. The van der Waals surface area contributed by atoms with Crippen molar-refractivity contribution < 1.29 is 4.39 Å². The van der Waals surface area contributed by atoms with Crippen LogP contribution in [0.25, 0.3) is 0 Å². The second-order valence-electron chi connectivity index (χ2n) is 5.56. The number of aryl methyl sites for hydroxylation is 2. The largest absolute Gasteiger partial charge is 0.313 e. The monoisotopic (exact) mass is 269 g/mol. The maximum Gasteiger partial charge on any atom is 0.123 e. The molecule has 1 aliphatic rings. The van der Waals surface area contributed by atoms with Gasteiger partial charge in [-0.2, -0.15) is 0 Å². The summed E-state index contributed by atoms with van der Waals surface area (Å²) in [7, 11) is 1.93. The van der Waals surface area contributed by atoms with Crippen LogP contribution in [-0.2, 0) is 19.3 Å². The van der Waals surface area contributed by atoms with Gasteiger partial charge < -0.3 is 5.32 Å². The minimum atomic E-state index is -0.170. The molecule has 0 aliphatic heterocycles. The molecule has 3 rings (SSSR count). The lowest BCUT2D eigenvalue weighted by atomic mass is 9.96. The van der Waals surface area contributed by atoms with Crippen LogP contribution in [0, 0.1) is 5.82 Å². The third-order valence-corrected chi connectivity index (χ3v) is 4.20. The number of fused-ring (bicyclic) bond motifs is 1. The maximum atomic E-state index is 13.4. The second-order valence-corrected chi connectivity index (χ2v) is 5.56. The molecular weight excluding hydrogens is 249 g/mol. The fourth-order valence-corrected chi connectivity index (χ4v) is 3.10. The average Bonchev–Trinajstić information content (AvgIpc) is 2.92. The van der Waals surface area contributed by atoms with E-state index in [4.69, 9.17) is 0 Å². The van der Waals surface area contributed by atoms with Crippen LogP contribution in [0.4, 0.5) is 4.39 Å². The predicted octanol–water partition coefficient (Wildman–Crippen LogP) is 3.82. The Kier molecular flexibility index (Phi) is 3.83. The van der Waals surface area contributed by atoms with Gasteiger partial charge in [-0.1, -0.05) is 30.3 Å². The van der Waals surface area contributed by atoms with Crippen molar-refractivity contribution in [2.24, 2.45) is 0 Å². The molecule has 0 heterocycles. The highest BCUT2D eigenvalue weighted by atomic mass is 19.1. The van der Waals surface area contributed by atoms with Crippen LogP contribution in [0.15, 0.2) is 42.5 Å². The van der Waals surface area contributed by atoms with E-state index >= 15 is 0 Å². The Balaban J connectivity index is 1.81. The van der Waals surface area contributed by atoms with Gasteiger partial charge in [-0.25, -0.2) is 4.39 Å². The highest BCUT2D eigenvalue weighted by molar-refractivity contribution is 5.36. The molecule has 0 spiro atoms. The van der Waals surface area contributed by atoms with E-state index in [1.165, 1.54) is 42.0 Å². The van der Waals surface area contributed by atoms with Crippen molar-refractivity contribution in [3.8, 4) is 0 Å². The first-order chi connectivity index (χ1) is 9.76. The van der Waals surface area contributed by atoms with Crippen LogP contribution in [0.1, 0.15) is 34.7 Å². The van der Waals surface area contributed by atoms with Crippen LogP contribution >= 0.6 is 0 Å². The van der Waals surface area contributed by atoms with Gasteiger partial charge in [0.2, 0.25) is 0 Å². The lowest BCUT2D eigenvalue weighted by Gasteiger charge is -2.17. The topological polar surface area (TPSA) is 12.0 Å². The van der Waals surface area contributed by atoms with Crippen molar-refractivity contribution in [2.45, 2.75) is 31.7 Å². The highest BCUT2D eigenvalue weighted by Crippen LogP contribution is 2.25. The second kappa shape index (κ2) is 5.76. The van der Waals surface area contributed by atoms with Crippen LogP contribution in [0.2, 0.25) is 0 Å². The number of benzene rings is 2. The van der Waals surface area contributed by atoms with Gasteiger partial charge >= 0.3 is 0 Å². The van der Waals surface area contributed by atoms with E-state index in [-0.39, 0.29) is 11.9 Å². The summed E-state index contributed by atoms with van der Waals surface area (Å²) in [5.74, 6) is -0.170. The maximum absolute atomic E-state index is 13.4. The Hall–Kier alpha value is -1.67. The summed E-state index contributed by atoms with van der Waals surface area (Å²) in [6.45, 7) is 0. The van der Waals surface area contributed by atoms with Gasteiger partial charge in [0.1, 0.15) is 5.82 Å². The van der Waals surface area contributed by atoms with Gasteiger partial charge in [-0.05, 0) is 67.1 Å². The molecule has 1 unspecified atom stereocenters. The number of hydrogen-bond donors (Lipinski definition) is 1. The van der Waals surface area contributed by atoms with Crippen molar-refractivity contribution in [1.82, 2.24) is 5.32 Å². The first-order valence-corrected chi connectivity index (χ1v) is 7.29. The van der Waals surface area contributed by atoms with E-state index in [9.17, 15) is 4.39 Å². The van der Waals surface area contributed by atoms with E-state index in [0.29, 0.717) is 0 Å². The summed E-state index contributed by atoms with van der Waals surface area (Å²) in [4.78, 5) is 0. The summed E-state index contributed by atoms with van der Waals surface area (Å²) in [6.07, 6.45) is 4.59.